The molecular weight excluding hydrogens is 362 g/mol. The summed E-state index contributed by atoms with van der Waals surface area (Å²) in [5.41, 5.74) is 3.65. The Labute approximate surface area is 163 Å². The van der Waals surface area contributed by atoms with Gasteiger partial charge in [-0.15, -0.1) is 0 Å². The normalized spacial score (nSPS) is 16.4. The highest BCUT2D eigenvalue weighted by molar-refractivity contribution is 7.80. The van der Waals surface area contributed by atoms with Crippen LogP contribution in [0.5, 0.6) is 11.5 Å². The third kappa shape index (κ3) is 3.88. The van der Waals surface area contributed by atoms with E-state index in [0.717, 1.165) is 16.8 Å². The second-order valence-corrected chi connectivity index (χ2v) is 6.68. The number of ether oxygens (including phenoxy) is 1. The summed E-state index contributed by atoms with van der Waals surface area (Å²) in [6, 6.07) is 12.1. The van der Waals surface area contributed by atoms with E-state index in [0.29, 0.717) is 22.1 Å². The van der Waals surface area contributed by atoms with Gasteiger partial charge in [0, 0.05) is 11.4 Å². The third-order valence-electron chi connectivity index (χ3n) is 4.44. The largest absolute Gasteiger partial charge is 0.504 e. The third-order valence-corrected chi connectivity index (χ3v) is 4.66. The molecule has 3 rings (SSSR count). The van der Waals surface area contributed by atoms with Crippen molar-refractivity contribution >= 4 is 28.9 Å². The summed E-state index contributed by atoms with van der Waals surface area (Å²) < 4.78 is 5.19. The van der Waals surface area contributed by atoms with Crippen LogP contribution in [0.4, 0.5) is 5.69 Å². The molecule has 0 bridgehead atoms. The van der Waals surface area contributed by atoms with Crippen molar-refractivity contribution in [1.29, 1.82) is 0 Å². The van der Waals surface area contributed by atoms with Crippen molar-refractivity contribution in [1.82, 2.24) is 10.6 Å². The van der Waals surface area contributed by atoms with Crippen molar-refractivity contribution in [2.75, 3.05) is 12.4 Å². The number of thiocarbonyl (C=S) groups is 1. The lowest BCUT2D eigenvalue weighted by Crippen LogP contribution is -2.45. The first kappa shape index (κ1) is 18.7. The topological polar surface area (TPSA) is 82.6 Å². The number of hydrogen-bond donors (Lipinski definition) is 4. The monoisotopic (exact) mass is 383 g/mol. The van der Waals surface area contributed by atoms with Gasteiger partial charge in [-0.05, 0) is 55.4 Å². The molecular formula is C20H21N3O3S. The summed E-state index contributed by atoms with van der Waals surface area (Å²) in [6.45, 7) is 3.75. The minimum atomic E-state index is -0.475. The van der Waals surface area contributed by atoms with Gasteiger partial charge in [0.15, 0.2) is 16.6 Å². The Morgan fingerprint density at radius 2 is 1.96 bits per heavy atom. The maximum atomic E-state index is 13.1. The zero-order valence-electron chi connectivity index (χ0n) is 15.3. The SMILES string of the molecule is COc1cc([C@H]2NC(=S)NC(C)=C2C(=O)Nc2ccccc2C)ccc1O. The highest BCUT2D eigenvalue weighted by Gasteiger charge is 2.30. The van der Waals surface area contributed by atoms with Crippen LogP contribution >= 0.6 is 12.2 Å². The number of amides is 1. The number of para-hydroxylation sites is 1. The van der Waals surface area contributed by atoms with Gasteiger partial charge >= 0.3 is 0 Å². The van der Waals surface area contributed by atoms with Crippen LogP contribution in [0.3, 0.4) is 0 Å². The molecule has 1 atom stereocenters. The zero-order valence-corrected chi connectivity index (χ0v) is 16.1. The van der Waals surface area contributed by atoms with Crippen LogP contribution in [0.25, 0.3) is 0 Å². The number of phenols is 1. The van der Waals surface area contributed by atoms with E-state index in [-0.39, 0.29) is 11.7 Å². The van der Waals surface area contributed by atoms with E-state index in [1.165, 1.54) is 13.2 Å². The number of benzene rings is 2. The standard InChI is InChI=1S/C20H21N3O3S/c1-11-6-4-5-7-14(11)22-19(25)17-12(2)21-20(27)23-18(17)13-8-9-15(24)16(10-13)26-3/h4-10,18,24H,1-3H3,(H,22,25)(H2,21,23,27)/t18-/m1/s1. The molecule has 0 fully saturated rings. The molecule has 140 valence electrons. The summed E-state index contributed by atoms with van der Waals surface area (Å²) in [7, 11) is 1.48. The summed E-state index contributed by atoms with van der Waals surface area (Å²) in [5.74, 6) is 0.126. The van der Waals surface area contributed by atoms with E-state index >= 15 is 0 Å². The fourth-order valence-electron chi connectivity index (χ4n) is 3.02. The Bertz CT molecular complexity index is 940. The number of phenolic OH excluding ortho intramolecular Hbond substituents is 1. The number of aryl methyl sites for hydroxylation is 1. The first-order chi connectivity index (χ1) is 12.9. The minimum absolute atomic E-state index is 0.0318. The van der Waals surface area contributed by atoms with Crippen LogP contribution in [-0.4, -0.2) is 23.2 Å². The van der Waals surface area contributed by atoms with Crippen LogP contribution in [0.2, 0.25) is 0 Å². The van der Waals surface area contributed by atoms with Crippen LogP contribution < -0.4 is 20.7 Å². The molecule has 0 radical (unpaired) electrons. The average Bonchev–Trinajstić information content (AvgIpc) is 2.63. The lowest BCUT2D eigenvalue weighted by Gasteiger charge is -2.30. The van der Waals surface area contributed by atoms with Crippen molar-refractivity contribution in [3.63, 3.8) is 0 Å². The average molecular weight is 383 g/mol. The minimum Gasteiger partial charge on any atom is -0.504 e. The number of carbonyl (C=O) groups excluding carboxylic acids is 1. The molecule has 6 nitrogen and oxygen atoms in total. The predicted molar refractivity (Wildman–Crippen MR) is 109 cm³/mol. The van der Waals surface area contributed by atoms with Gasteiger partial charge in [0.05, 0.1) is 18.7 Å². The Morgan fingerprint density at radius 3 is 2.67 bits per heavy atom. The van der Waals surface area contributed by atoms with Crippen LogP contribution in [-0.2, 0) is 4.79 Å². The molecule has 7 heteroatoms. The number of allylic oxidation sites excluding steroid dienone is 1. The summed E-state index contributed by atoms with van der Waals surface area (Å²) >= 11 is 5.27. The summed E-state index contributed by atoms with van der Waals surface area (Å²) in [6.07, 6.45) is 0. The number of carbonyl (C=O) groups is 1. The molecule has 1 aliphatic heterocycles. The van der Waals surface area contributed by atoms with Crippen molar-refractivity contribution in [3.8, 4) is 11.5 Å². The van der Waals surface area contributed by atoms with Gasteiger partial charge in [0.1, 0.15) is 0 Å². The maximum Gasteiger partial charge on any atom is 0.255 e. The van der Waals surface area contributed by atoms with Crippen molar-refractivity contribution < 1.29 is 14.6 Å². The van der Waals surface area contributed by atoms with Gasteiger partial charge in [-0.1, -0.05) is 24.3 Å². The number of anilines is 1. The van der Waals surface area contributed by atoms with Gasteiger partial charge in [-0.3, -0.25) is 4.79 Å². The molecule has 1 aliphatic rings. The second kappa shape index (κ2) is 7.67. The van der Waals surface area contributed by atoms with Crippen molar-refractivity contribution in [2.45, 2.75) is 19.9 Å². The lowest BCUT2D eigenvalue weighted by molar-refractivity contribution is -0.113. The molecule has 4 N–H and O–H groups in total. The molecule has 0 saturated carbocycles. The Morgan fingerprint density at radius 1 is 1.22 bits per heavy atom. The van der Waals surface area contributed by atoms with Gasteiger partial charge in [-0.2, -0.15) is 0 Å². The Hall–Kier alpha value is -3.06. The number of methoxy groups -OCH3 is 1. The smallest absolute Gasteiger partial charge is 0.255 e. The van der Waals surface area contributed by atoms with Gasteiger partial charge < -0.3 is 25.8 Å². The Balaban J connectivity index is 1.99. The van der Waals surface area contributed by atoms with Crippen LogP contribution in [0.15, 0.2) is 53.7 Å². The number of rotatable bonds is 4. The molecule has 1 heterocycles. The number of aromatic hydroxyl groups is 1. The molecule has 2 aromatic carbocycles. The molecule has 0 aromatic heterocycles. The quantitative estimate of drug-likeness (QED) is 0.607. The molecule has 0 aliphatic carbocycles. The predicted octanol–water partition coefficient (Wildman–Crippen LogP) is 3.14. The van der Waals surface area contributed by atoms with E-state index < -0.39 is 6.04 Å². The first-order valence-electron chi connectivity index (χ1n) is 8.43. The van der Waals surface area contributed by atoms with E-state index in [4.69, 9.17) is 17.0 Å². The molecule has 27 heavy (non-hydrogen) atoms. The van der Waals surface area contributed by atoms with Crippen LogP contribution in [0.1, 0.15) is 24.1 Å². The van der Waals surface area contributed by atoms with E-state index in [1.54, 1.807) is 12.1 Å². The van der Waals surface area contributed by atoms with Gasteiger partial charge in [0.25, 0.3) is 5.91 Å². The lowest BCUT2D eigenvalue weighted by atomic mass is 9.94. The Kier molecular flexibility index (Phi) is 5.32. The van der Waals surface area contributed by atoms with Crippen molar-refractivity contribution in [3.05, 3.63) is 64.9 Å². The molecule has 0 spiro atoms. The maximum absolute atomic E-state index is 13.1. The van der Waals surface area contributed by atoms with E-state index in [1.807, 2.05) is 38.1 Å². The zero-order chi connectivity index (χ0) is 19.6. The highest BCUT2D eigenvalue weighted by Crippen LogP contribution is 2.34. The number of hydrogen-bond acceptors (Lipinski definition) is 4. The molecule has 1 amide bonds. The summed E-state index contributed by atoms with van der Waals surface area (Å²) in [5, 5.41) is 19.4. The van der Waals surface area contributed by atoms with Gasteiger partial charge in [0.2, 0.25) is 0 Å². The molecule has 2 aromatic rings. The molecule has 0 unspecified atom stereocenters. The first-order valence-corrected chi connectivity index (χ1v) is 8.83. The van der Waals surface area contributed by atoms with Crippen LogP contribution in [0, 0.1) is 6.92 Å². The van der Waals surface area contributed by atoms with Gasteiger partial charge in [-0.25, -0.2) is 0 Å². The van der Waals surface area contributed by atoms with E-state index in [2.05, 4.69) is 16.0 Å². The summed E-state index contributed by atoms with van der Waals surface area (Å²) in [4.78, 5) is 13.1. The fourth-order valence-corrected chi connectivity index (χ4v) is 3.29. The van der Waals surface area contributed by atoms with Crippen molar-refractivity contribution in [2.24, 2.45) is 0 Å². The second-order valence-electron chi connectivity index (χ2n) is 6.27. The van der Waals surface area contributed by atoms with E-state index in [9.17, 15) is 9.90 Å². The fraction of sp³-hybridized carbons (Fsp3) is 0.200. The molecule has 0 saturated heterocycles. The highest BCUT2D eigenvalue weighted by atomic mass is 32.1. The number of nitrogens with one attached hydrogen (secondary N) is 3.